The van der Waals surface area contributed by atoms with Gasteiger partial charge in [-0.1, -0.05) is 55.8 Å². The van der Waals surface area contributed by atoms with Crippen molar-refractivity contribution in [3.63, 3.8) is 0 Å². The lowest BCUT2D eigenvalue weighted by Crippen LogP contribution is -2.15. The van der Waals surface area contributed by atoms with Crippen molar-refractivity contribution in [3.8, 4) is 0 Å². The Morgan fingerprint density at radius 3 is 2.44 bits per heavy atom. The van der Waals surface area contributed by atoms with E-state index in [9.17, 15) is 8.42 Å². The molecule has 0 saturated carbocycles. The van der Waals surface area contributed by atoms with E-state index in [0.717, 1.165) is 12.8 Å². The van der Waals surface area contributed by atoms with Crippen LogP contribution in [0.5, 0.6) is 0 Å². The van der Waals surface area contributed by atoms with Crippen molar-refractivity contribution in [2.24, 2.45) is 0 Å². The standard InChI is InChI=1S/C15H20O2S/c1-3-4-5-6-8-11-14(2)18(16,17)15-12-9-7-10-13-15/h5-14H,3-4H2,1-2H3/b6-5+,11-8+. The molecular weight excluding hydrogens is 244 g/mol. The van der Waals surface area contributed by atoms with Crippen molar-refractivity contribution in [1.82, 2.24) is 0 Å². The molecule has 98 valence electrons. The van der Waals surface area contributed by atoms with Gasteiger partial charge in [-0.3, -0.25) is 0 Å². The summed E-state index contributed by atoms with van der Waals surface area (Å²) < 4.78 is 24.4. The third-order valence-electron chi connectivity index (χ3n) is 2.65. The molecule has 0 fully saturated rings. The van der Waals surface area contributed by atoms with Gasteiger partial charge < -0.3 is 0 Å². The molecule has 0 aliphatic heterocycles. The predicted octanol–water partition coefficient (Wildman–Crippen LogP) is 3.76. The zero-order chi connectivity index (χ0) is 13.4. The van der Waals surface area contributed by atoms with Crippen LogP contribution in [0.4, 0.5) is 0 Å². The predicted molar refractivity (Wildman–Crippen MR) is 76.3 cm³/mol. The topological polar surface area (TPSA) is 34.1 Å². The summed E-state index contributed by atoms with van der Waals surface area (Å²) in [4.78, 5) is 0.375. The molecule has 1 rings (SSSR count). The molecular formula is C15H20O2S. The zero-order valence-electron chi connectivity index (χ0n) is 10.9. The number of unbranched alkanes of at least 4 members (excludes halogenated alkanes) is 1. The third kappa shape index (κ3) is 4.15. The summed E-state index contributed by atoms with van der Waals surface area (Å²) in [6.45, 7) is 3.81. The van der Waals surface area contributed by atoms with E-state index in [4.69, 9.17) is 0 Å². The first-order valence-corrected chi connectivity index (χ1v) is 7.76. The lowest BCUT2D eigenvalue weighted by molar-refractivity contribution is 0.591. The Balaban J connectivity index is 2.75. The van der Waals surface area contributed by atoms with Gasteiger partial charge in [-0.2, -0.15) is 0 Å². The zero-order valence-corrected chi connectivity index (χ0v) is 11.7. The Morgan fingerprint density at radius 2 is 1.83 bits per heavy atom. The van der Waals surface area contributed by atoms with Gasteiger partial charge in [0.15, 0.2) is 9.84 Å². The van der Waals surface area contributed by atoms with Crippen LogP contribution < -0.4 is 0 Å². The minimum absolute atomic E-state index is 0.375. The summed E-state index contributed by atoms with van der Waals surface area (Å²) >= 11 is 0. The molecule has 0 aliphatic carbocycles. The highest BCUT2D eigenvalue weighted by molar-refractivity contribution is 7.92. The van der Waals surface area contributed by atoms with Crippen LogP contribution in [0.25, 0.3) is 0 Å². The van der Waals surface area contributed by atoms with Crippen LogP contribution in [-0.2, 0) is 9.84 Å². The van der Waals surface area contributed by atoms with Crippen molar-refractivity contribution in [1.29, 1.82) is 0 Å². The largest absolute Gasteiger partial charge is 0.223 e. The van der Waals surface area contributed by atoms with Crippen LogP contribution >= 0.6 is 0 Å². The lowest BCUT2D eigenvalue weighted by Gasteiger charge is -2.08. The summed E-state index contributed by atoms with van der Waals surface area (Å²) in [7, 11) is -3.25. The quantitative estimate of drug-likeness (QED) is 0.733. The molecule has 0 N–H and O–H groups in total. The van der Waals surface area contributed by atoms with Gasteiger partial charge >= 0.3 is 0 Å². The summed E-state index contributed by atoms with van der Waals surface area (Å²) in [6, 6.07) is 8.56. The minimum Gasteiger partial charge on any atom is -0.223 e. The number of hydrogen-bond acceptors (Lipinski definition) is 2. The van der Waals surface area contributed by atoms with Gasteiger partial charge in [-0.25, -0.2) is 8.42 Å². The highest BCUT2D eigenvalue weighted by Gasteiger charge is 2.19. The van der Waals surface area contributed by atoms with Crippen LogP contribution in [0, 0.1) is 0 Å². The smallest absolute Gasteiger partial charge is 0.184 e. The van der Waals surface area contributed by atoms with Gasteiger partial charge in [-0.15, -0.1) is 0 Å². The summed E-state index contributed by atoms with van der Waals surface area (Å²) in [5.41, 5.74) is 0. The van der Waals surface area contributed by atoms with E-state index in [0.29, 0.717) is 4.90 Å². The molecule has 0 spiro atoms. The maximum Gasteiger partial charge on any atom is 0.184 e. The van der Waals surface area contributed by atoms with Crippen molar-refractivity contribution >= 4 is 9.84 Å². The van der Waals surface area contributed by atoms with Gasteiger partial charge in [-0.05, 0) is 25.5 Å². The highest BCUT2D eigenvalue weighted by atomic mass is 32.2. The third-order valence-corrected chi connectivity index (χ3v) is 4.71. The Morgan fingerprint density at radius 1 is 1.17 bits per heavy atom. The lowest BCUT2D eigenvalue weighted by atomic mass is 10.3. The van der Waals surface area contributed by atoms with Crippen molar-refractivity contribution in [2.45, 2.75) is 36.8 Å². The Kier molecular flexibility index (Phi) is 5.86. The second-order valence-electron chi connectivity index (χ2n) is 4.16. The number of rotatable bonds is 6. The molecule has 0 saturated heterocycles. The van der Waals surface area contributed by atoms with Gasteiger partial charge in [0.2, 0.25) is 0 Å². The van der Waals surface area contributed by atoms with Crippen LogP contribution in [0.3, 0.4) is 0 Å². The second-order valence-corrected chi connectivity index (χ2v) is 6.47. The molecule has 0 amide bonds. The van der Waals surface area contributed by atoms with Gasteiger partial charge in [0, 0.05) is 0 Å². The summed E-state index contributed by atoms with van der Waals surface area (Å²) in [6.07, 6.45) is 9.58. The average molecular weight is 264 g/mol. The van der Waals surface area contributed by atoms with Gasteiger partial charge in [0.25, 0.3) is 0 Å². The number of sulfone groups is 1. The van der Waals surface area contributed by atoms with E-state index in [1.54, 1.807) is 43.3 Å². The molecule has 1 aromatic rings. The molecule has 1 aromatic carbocycles. The molecule has 0 aliphatic rings. The highest BCUT2D eigenvalue weighted by Crippen LogP contribution is 2.16. The fourth-order valence-corrected chi connectivity index (χ4v) is 2.75. The van der Waals surface area contributed by atoms with Crippen molar-refractivity contribution in [2.75, 3.05) is 0 Å². The van der Waals surface area contributed by atoms with E-state index in [2.05, 4.69) is 6.92 Å². The van der Waals surface area contributed by atoms with Crippen molar-refractivity contribution in [3.05, 3.63) is 54.6 Å². The average Bonchev–Trinajstić information content (AvgIpc) is 2.39. The molecule has 0 radical (unpaired) electrons. The molecule has 1 atom stereocenters. The first kappa shape index (κ1) is 14.7. The fraction of sp³-hybridized carbons (Fsp3) is 0.333. The maximum atomic E-state index is 12.2. The maximum absolute atomic E-state index is 12.2. The molecule has 0 bridgehead atoms. The molecule has 2 nitrogen and oxygen atoms in total. The van der Waals surface area contributed by atoms with E-state index in [1.807, 2.05) is 18.2 Å². The number of hydrogen-bond donors (Lipinski definition) is 0. The van der Waals surface area contributed by atoms with Gasteiger partial charge in [0.05, 0.1) is 10.1 Å². The normalized spacial score (nSPS) is 14.3. The van der Waals surface area contributed by atoms with E-state index < -0.39 is 15.1 Å². The van der Waals surface area contributed by atoms with Gasteiger partial charge in [0.1, 0.15) is 0 Å². The number of benzene rings is 1. The Labute approximate surface area is 110 Å². The molecule has 0 heterocycles. The Hall–Kier alpha value is -1.35. The molecule has 3 heteroatoms. The second kappa shape index (κ2) is 7.17. The summed E-state index contributed by atoms with van der Waals surface area (Å²) in [5.74, 6) is 0. The van der Waals surface area contributed by atoms with Crippen LogP contribution in [0.15, 0.2) is 59.5 Å². The first-order chi connectivity index (χ1) is 8.59. The molecule has 18 heavy (non-hydrogen) atoms. The Bertz CT molecular complexity index is 499. The van der Waals surface area contributed by atoms with Crippen LogP contribution in [-0.4, -0.2) is 13.7 Å². The van der Waals surface area contributed by atoms with Crippen LogP contribution in [0.1, 0.15) is 26.7 Å². The summed E-state index contributed by atoms with van der Waals surface area (Å²) in [5, 5.41) is -0.508. The monoisotopic (exact) mass is 264 g/mol. The van der Waals surface area contributed by atoms with E-state index >= 15 is 0 Å². The molecule has 1 unspecified atom stereocenters. The first-order valence-electron chi connectivity index (χ1n) is 6.21. The fourth-order valence-electron chi connectivity index (χ4n) is 1.49. The SMILES string of the molecule is CCC/C=C/C=C/C(C)S(=O)(=O)c1ccccc1. The molecule has 0 aromatic heterocycles. The van der Waals surface area contributed by atoms with E-state index in [1.165, 1.54) is 0 Å². The number of allylic oxidation sites excluding steroid dienone is 3. The van der Waals surface area contributed by atoms with Crippen molar-refractivity contribution < 1.29 is 8.42 Å². The minimum atomic E-state index is -3.25. The van der Waals surface area contributed by atoms with Crippen LogP contribution in [0.2, 0.25) is 0 Å². The van der Waals surface area contributed by atoms with E-state index in [-0.39, 0.29) is 0 Å².